The van der Waals surface area contributed by atoms with Gasteiger partial charge >= 0.3 is 0 Å². The molecule has 1 N–H and O–H groups in total. The number of para-hydroxylation sites is 1. The summed E-state index contributed by atoms with van der Waals surface area (Å²) < 4.78 is 30.6. The maximum atomic E-state index is 13.4. The molecule has 0 unspecified atom stereocenters. The molecule has 7 heteroatoms. The molecular weight excluding hydrogens is 470 g/mol. The summed E-state index contributed by atoms with van der Waals surface area (Å²) in [5.74, 6) is -0.266. The Morgan fingerprint density at radius 2 is 1.56 bits per heavy atom. The van der Waals surface area contributed by atoms with Gasteiger partial charge in [-0.1, -0.05) is 35.9 Å². The molecule has 0 atom stereocenters. The Kier molecular flexibility index (Phi) is 6.39. The fraction of sp³-hybridized carbons (Fsp3) is 0.345. The van der Waals surface area contributed by atoms with Crippen molar-refractivity contribution in [1.82, 2.24) is 8.87 Å². The van der Waals surface area contributed by atoms with Gasteiger partial charge in [0.1, 0.15) is 0 Å². The number of carbonyl (C=O) groups excluding carboxylic acids is 1. The molecule has 1 aliphatic heterocycles. The van der Waals surface area contributed by atoms with Gasteiger partial charge in [-0.25, -0.2) is 8.42 Å². The van der Waals surface area contributed by atoms with Crippen LogP contribution in [-0.2, 0) is 21.4 Å². The average Bonchev–Trinajstić information content (AvgIpc) is 3.16. The van der Waals surface area contributed by atoms with E-state index in [2.05, 4.69) is 35.0 Å². The minimum absolute atomic E-state index is 0.0478. The zero-order valence-electron chi connectivity index (χ0n) is 21.3. The van der Waals surface area contributed by atoms with Crippen molar-refractivity contribution in [2.45, 2.75) is 52.0 Å². The molecule has 0 spiro atoms. The Morgan fingerprint density at radius 1 is 0.917 bits per heavy atom. The van der Waals surface area contributed by atoms with Gasteiger partial charge in [-0.2, -0.15) is 4.31 Å². The zero-order valence-corrected chi connectivity index (χ0v) is 22.2. The molecule has 1 aliphatic rings. The largest absolute Gasteiger partial charge is 0.341 e. The Labute approximate surface area is 213 Å². The Hall–Kier alpha value is -3.16. The fourth-order valence-electron chi connectivity index (χ4n) is 5.78. The molecule has 0 saturated carbocycles. The number of nitrogens with one attached hydrogen (secondary N) is 1. The first-order valence-corrected chi connectivity index (χ1v) is 14.0. The number of amides is 1. The second-order valence-electron chi connectivity index (χ2n) is 9.89. The summed E-state index contributed by atoms with van der Waals surface area (Å²) in [6.45, 7) is 9.37. The third-order valence-corrected chi connectivity index (χ3v) is 9.59. The van der Waals surface area contributed by atoms with E-state index in [9.17, 15) is 13.2 Å². The van der Waals surface area contributed by atoms with Crippen LogP contribution in [0.4, 0.5) is 5.69 Å². The lowest BCUT2D eigenvalue weighted by molar-refractivity contribution is -0.120. The summed E-state index contributed by atoms with van der Waals surface area (Å²) in [4.78, 5) is 13.5. The predicted molar refractivity (Wildman–Crippen MR) is 146 cm³/mol. The molecule has 5 rings (SSSR count). The van der Waals surface area contributed by atoms with Crippen LogP contribution in [0.15, 0.2) is 59.5 Å². The Bertz CT molecular complexity index is 1560. The van der Waals surface area contributed by atoms with Crippen molar-refractivity contribution in [3.05, 3.63) is 71.3 Å². The van der Waals surface area contributed by atoms with E-state index in [1.165, 1.54) is 15.2 Å². The quantitative estimate of drug-likeness (QED) is 0.375. The fourth-order valence-corrected chi connectivity index (χ4v) is 7.66. The lowest BCUT2D eigenvalue weighted by Gasteiger charge is -2.31. The number of sulfonamides is 1. The van der Waals surface area contributed by atoms with Gasteiger partial charge in [-0.3, -0.25) is 4.79 Å². The smallest absolute Gasteiger partial charge is 0.243 e. The van der Waals surface area contributed by atoms with Crippen molar-refractivity contribution < 1.29 is 13.2 Å². The minimum Gasteiger partial charge on any atom is -0.341 e. The molecule has 2 heterocycles. The maximum Gasteiger partial charge on any atom is 0.243 e. The lowest BCUT2D eigenvalue weighted by atomic mass is 9.97. The second kappa shape index (κ2) is 9.37. The van der Waals surface area contributed by atoms with Gasteiger partial charge in [0, 0.05) is 53.0 Å². The van der Waals surface area contributed by atoms with Gasteiger partial charge < -0.3 is 9.88 Å². The summed E-state index contributed by atoms with van der Waals surface area (Å²) >= 11 is 0. The molecule has 1 fully saturated rings. The van der Waals surface area contributed by atoms with E-state index >= 15 is 0 Å². The normalized spacial score (nSPS) is 15.6. The molecule has 36 heavy (non-hydrogen) atoms. The number of aromatic nitrogens is 1. The third kappa shape index (κ3) is 4.20. The standard InChI is InChI=1S/C29H33N3O3S/c1-5-32-26-9-7-6-8-24(26)25-18-23(10-11-27(25)32)30-29(33)22-12-14-31(15-13-22)36(34,35)28-20(3)16-19(2)17-21(28)4/h6-11,16-18,22H,5,12-15H2,1-4H3,(H,30,33). The SMILES string of the molecule is CCn1c2ccccc2c2cc(NC(=O)C3CCN(S(=O)(=O)c4c(C)cc(C)cc4C)CC3)ccc21. The summed E-state index contributed by atoms with van der Waals surface area (Å²) in [5.41, 5.74) is 5.70. The van der Waals surface area contributed by atoms with E-state index in [-0.39, 0.29) is 11.8 Å². The van der Waals surface area contributed by atoms with E-state index in [0.29, 0.717) is 30.8 Å². The first kappa shape index (κ1) is 24.5. The van der Waals surface area contributed by atoms with Gasteiger partial charge in [0.2, 0.25) is 15.9 Å². The third-order valence-electron chi connectivity index (χ3n) is 7.38. The highest BCUT2D eigenvalue weighted by Crippen LogP contribution is 2.32. The number of aryl methyl sites for hydroxylation is 4. The van der Waals surface area contributed by atoms with Crippen molar-refractivity contribution >= 4 is 43.4 Å². The summed E-state index contributed by atoms with van der Waals surface area (Å²) in [6.07, 6.45) is 1.01. The number of hydrogen-bond acceptors (Lipinski definition) is 3. The van der Waals surface area contributed by atoms with Crippen molar-refractivity contribution in [2.24, 2.45) is 5.92 Å². The number of fused-ring (bicyclic) bond motifs is 3. The minimum atomic E-state index is -3.59. The Morgan fingerprint density at radius 3 is 2.22 bits per heavy atom. The molecule has 188 valence electrons. The van der Waals surface area contributed by atoms with E-state index in [4.69, 9.17) is 0 Å². The van der Waals surface area contributed by atoms with Gasteiger partial charge in [0.15, 0.2) is 0 Å². The highest BCUT2D eigenvalue weighted by Gasteiger charge is 2.33. The Balaban J connectivity index is 1.31. The average molecular weight is 504 g/mol. The first-order chi connectivity index (χ1) is 17.2. The molecule has 1 saturated heterocycles. The molecule has 0 aliphatic carbocycles. The molecule has 1 aromatic heterocycles. The molecule has 3 aromatic carbocycles. The number of anilines is 1. The zero-order chi connectivity index (χ0) is 25.6. The molecular formula is C29H33N3O3S. The van der Waals surface area contributed by atoms with Crippen LogP contribution >= 0.6 is 0 Å². The van der Waals surface area contributed by atoms with Crippen LogP contribution in [0.3, 0.4) is 0 Å². The van der Waals surface area contributed by atoms with Crippen LogP contribution in [0.1, 0.15) is 36.5 Å². The molecule has 4 aromatic rings. The van der Waals surface area contributed by atoms with Crippen LogP contribution in [-0.4, -0.2) is 36.3 Å². The first-order valence-electron chi connectivity index (χ1n) is 12.6. The predicted octanol–water partition coefficient (Wildman–Crippen LogP) is 5.78. The van der Waals surface area contributed by atoms with Gasteiger partial charge in [-0.05, 0) is 75.9 Å². The van der Waals surface area contributed by atoms with Crippen molar-refractivity contribution in [1.29, 1.82) is 0 Å². The van der Waals surface area contributed by atoms with Crippen LogP contribution in [0.5, 0.6) is 0 Å². The molecule has 6 nitrogen and oxygen atoms in total. The monoisotopic (exact) mass is 503 g/mol. The van der Waals surface area contributed by atoms with Gasteiger partial charge in [0.25, 0.3) is 0 Å². The number of piperidine rings is 1. The molecule has 0 bridgehead atoms. The highest BCUT2D eigenvalue weighted by molar-refractivity contribution is 7.89. The molecule has 0 radical (unpaired) electrons. The summed E-state index contributed by atoms with van der Waals surface area (Å²) in [6, 6.07) is 18.2. The number of hydrogen-bond donors (Lipinski definition) is 1. The van der Waals surface area contributed by atoms with Crippen LogP contribution in [0.25, 0.3) is 21.8 Å². The van der Waals surface area contributed by atoms with Crippen molar-refractivity contribution in [3.63, 3.8) is 0 Å². The van der Waals surface area contributed by atoms with Crippen LogP contribution in [0, 0.1) is 26.7 Å². The van der Waals surface area contributed by atoms with E-state index in [1.54, 1.807) is 0 Å². The van der Waals surface area contributed by atoms with Crippen molar-refractivity contribution in [2.75, 3.05) is 18.4 Å². The number of rotatable bonds is 5. The molecule has 1 amide bonds. The lowest BCUT2D eigenvalue weighted by Crippen LogP contribution is -2.41. The van der Waals surface area contributed by atoms with Crippen LogP contribution in [0.2, 0.25) is 0 Å². The number of nitrogens with zero attached hydrogens (tertiary/aromatic N) is 2. The topological polar surface area (TPSA) is 71.4 Å². The van der Waals surface area contributed by atoms with E-state index < -0.39 is 10.0 Å². The van der Waals surface area contributed by atoms with E-state index in [0.717, 1.165) is 39.8 Å². The number of benzene rings is 3. The van der Waals surface area contributed by atoms with Gasteiger partial charge in [-0.15, -0.1) is 0 Å². The van der Waals surface area contributed by atoms with Gasteiger partial charge in [0.05, 0.1) is 4.90 Å². The number of carbonyl (C=O) groups is 1. The summed E-state index contributed by atoms with van der Waals surface area (Å²) in [5, 5.41) is 5.38. The maximum absolute atomic E-state index is 13.4. The van der Waals surface area contributed by atoms with Crippen molar-refractivity contribution in [3.8, 4) is 0 Å². The van der Waals surface area contributed by atoms with Crippen LogP contribution < -0.4 is 5.32 Å². The summed E-state index contributed by atoms with van der Waals surface area (Å²) in [7, 11) is -3.59. The second-order valence-corrected chi connectivity index (χ2v) is 11.8. The highest BCUT2D eigenvalue weighted by atomic mass is 32.2. The van der Waals surface area contributed by atoms with E-state index in [1.807, 2.05) is 57.2 Å².